The molecule has 144 valence electrons. The van der Waals surface area contributed by atoms with E-state index in [0.717, 1.165) is 11.3 Å². The number of carbonyl (C=O) groups is 2. The molecule has 0 aromatic heterocycles. The zero-order valence-corrected chi connectivity index (χ0v) is 16.0. The summed E-state index contributed by atoms with van der Waals surface area (Å²) in [6, 6.07) is 14.2. The largest absolute Gasteiger partial charge is 0.496 e. The first-order valence-corrected chi connectivity index (χ1v) is 8.85. The first kappa shape index (κ1) is 20.6. The van der Waals surface area contributed by atoms with Gasteiger partial charge in [0, 0.05) is 11.6 Å². The molecule has 0 aliphatic heterocycles. The number of esters is 1. The number of amides is 1. The van der Waals surface area contributed by atoms with Gasteiger partial charge in [-0.1, -0.05) is 29.8 Å². The molecule has 0 spiro atoms. The standard InChI is InChI=1S/C20H22ClNO5/c1-14(27-17-9-7-16(21)8-10-17)20(24)26-13-19(23)22-12-11-15-5-3-4-6-18(15)25-2/h3-10,14H,11-13H2,1-2H3,(H,22,23)/t14-/m1/s1. The predicted octanol–water partition coefficient (Wildman–Crippen LogP) is 3.02. The molecule has 0 aliphatic carbocycles. The van der Waals surface area contributed by atoms with Crippen molar-refractivity contribution in [2.45, 2.75) is 19.4 Å². The second-order valence-corrected chi connectivity index (χ2v) is 6.17. The fourth-order valence-corrected chi connectivity index (χ4v) is 2.44. The van der Waals surface area contributed by atoms with Crippen molar-refractivity contribution in [2.24, 2.45) is 0 Å². The van der Waals surface area contributed by atoms with Gasteiger partial charge in [-0.25, -0.2) is 4.79 Å². The van der Waals surface area contributed by atoms with Gasteiger partial charge >= 0.3 is 5.97 Å². The van der Waals surface area contributed by atoms with Gasteiger partial charge in [-0.05, 0) is 49.2 Å². The van der Waals surface area contributed by atoms with E-state index in [1.165, 1.54) is 0 Å². The third-order valence-electron chi connectivity index (χ3n) is 3.71. The van der Waals surface area contributed by atoms with Gasteiger partial charge in [-0.15, -0.1) is 0 Å². The summed E-state index contributed by atoms with van der Waals surface area (Å²) in [5.74, 6) is 0.262. The van der Waals surface area contributed by atoms with Crippen molar-refractivity contribution in [2.75, 3.05) is 20.3 Å². The van der Waals surface area contributed by atoms with Crippen LogP contribution in [-0.4, -0.2) is 38.2 Å². The maximum Gasteiger partial charge on any atom is 0.347 e. The lowest BCUT2D eigenvalue weighted by Crippen LogP contribution is -2.33. The molecule has 0 saturated carbocycles. The molecule has 0 bridgehead atoms. The minimum absolute atomic E-state index is 0.362. The Bertz CT molecular complexity index is 763. The Morgan fingerprint density at radius 3 is 2.52 bits per heavy atom. The first-order chi connectivity index (χ1) is 13.0. The molecule has 27 heavy (non-hydrogen) atoms. The van der Waals surface area contributed by atoms with Gasteiger partial charge in [0.15, 0.2) is 12.7 Å². The molecule has 1 N–H and O–H groups in total. The van der Waals surface area contributed by atoms with Crippen LogP contribution in [0.15, 0.2) is 48.5 Å². The lowest BCUT2D eigenvalue weighted by molar-refractivity contribution is -0.154. The Balaban J connectivity index is 1.69. The molecule has 0 heterocycles. The highest BCUT2D eigenvalue weighted by atomic mass is 35.5. The smallest absolute Gasteiger partial charge is 0.347 e. The van der Waals surface area contributed by atoms with E-state index < -0.39 is 12.1 Å². The van der Waals surface area contributed by atoms with Crippen LogP contribution in [0.4, 0.5) is 0 Å². The van der Waals surface area contributed by atoms with Crippen LogP contribution in [0.3, 0.4) is 0 Å². The van der Waals surface area contributed by atoms with Gasteiger partial charge < -0.3 is 19.5 Å². The Morgan fingerprint density at radius 2 is 1.81 bits per heavy atom. The van der Waals surface area contributed by atoms with E-state index in [9.17, 15) is 9.59 Å². The van der Waals surface area contributed by atoms with Crippen LogP contribution >= 0.6 is 11.6 Å². The van der Waals surface area contributed by atoms with Crippen LogP contribution < -0.4 is 14.8 Å². The normalized spacial score (nSPS) is 11.4. The van der Waals surface area contributed by atoms with Gasteiger partial charge in [0.1, 0.15) is 11.5 Å². The minimum Gasteiger partial charge on any atom is -0.496 e. The van der Waals surface area contributed by atoms with E-state index in [4.69, 9.17) is 25.8 Å². The summed E-state index contributed by atoms with van der Waals surface area (Å²) in [5, 5.41) is 3.28. The quantitative estimate of drug-likeness (QED) is 0.665. The topological polar surface area (TPSA) is 73.9 Å². The first-order valence-electron chi connectivity index (χ1n) is 8.47. The minimum atomic E-state index is -0.840. The SMILES string of the molecule is COc1ccccc1CCNC(=O)COC(=O)[C@@H](C)Oc1ccc(Cl)cc1. The zero-order valence-electron chi connectivity index (χ0n) is 15.2. The number of halogens is 1. The van der Waals surface area contributed by atoms with E-state index in [1.807, 2.05) is 24.3 Å². The third kappa shape index (κ3) is 6.83. The number of carbonyl (C=O) groups excluding carboxylic acids is 2. The molecule has 0 unspecified atom stereocenters. The van der Waals surface area contributed by atoms with Crippen molar-refractivity contribution in [3.63, 3.8) is 0 Å². The molecular formula is C20H22ClNO5. The zero-order chi connectivity index (χ0) is 19.6. The van der Waals surface area contributed by atoms with E-state index in [1.54, 1.807) is 38.3 Å². The molecule has 2 rings (SSSR count). The third-order valence-corrected chi connectivity index (χ3v) is 3.96. The highest BCUT2D eigenvalue weighted by molar-refractivity contribution is 6.30. The number of para-hydroxylation sites is 1. The highest BCUT2D eigenvalue weighted by Gasteiger charge is 2.17. The summed E-state index contributed by atoms with van der Waals surface area (Å²) >= 11 is 5.79. The molecule has 2 aromatic carbocycles. The number of methoxy groups -OCH3 is 1. The summed E-state index contributed by atoms with van der Waals surface area (Å²) < 4.78 is 15.7. The van der Waals surface area contributed by atoms with Crippen LogP contribution in [0.5, 0.6) is 11.5 Å². The second kappa shape index (κ2) is 10.4. The summed E-state index contributed by atoms with van der Waals surface area (Å²) in [5.41, 5.74) is 0.988. The summed E-state index contributed by atoms with van der Waals surface area (Å²) in [6.45, 7) is 1.60. The molecule has 2 aromatic rings. The molecule has 6 nitrogen and oxygen atoms in total. The maximum atomic E-state index is 11.9. The second-order valence-electron chi connectivity index (χ2n) is 5.73. The van der Waals surface area contributed by atoms with Crippen LogP contribution in [0.1, 0.15) is 12.5 Å². The number of hydrogen-bond donors (Lipinski definition) is 1. The van der Waals surface area contributed by atoms with Crippen molar-refractivity contribution >= 4 is 23.5 Å². The van der Waals surface area contributed by atoms with Gasteiger partial charge in [0.25, 0.3) is 5.91 Å². The van der Waals surface area contributed by atoms with Crippen LogP contribution in [0.25, 0.3) is 0 Å². The lowest BCUT2D eigenvalue weighted by Gasteiger charge is -2.14. The van der Waals surface area contributed by atoms with Crippen molar-refractivity contribution in [1.29, 1.82) is 0 Å². The Hall–Kier alpha value is -2.73. The van der Waals surface area contributed by atoms with E-state index in [2.05, 4.69) is 5.32 Å². The molecule has 0 saturated heterocycles. The van der Waals surface area contributed by atoms with Crippen molar-refractivity contribution < 1.29 is 23.8 Å². The van der Waals surface area contributed by atoms with Gasteiger partial charge in [-0.3, -0.25) is 4.79 Å². The maximum absolute atomic E-state index is 11.9. The van der Waals surface area contributed by atoms with E-state index in [-0.39, 0.29) is 12.5 Å². The monoisotopic (exact) mass is 391 g/mol. The van der Waals surface area contributed by atoms with Crippen LogP contribution in [-0.2, 0) is 20.7 Å². The average Bonchev–Trinajstić information content (AvgIpc) is 2.68. The fraction of sp³-hybridized carbons (Fsp3) is 0.300. The number of benzene rings is 2. The number of hydrogen-bond acceptors (Lipinski definition) is 5. The van der Waals surface area contributed by atoms with E-state index in [0.29, 0.717) is 23.7 Å². The average molecular weight is 392 g/mol. The number of ether oxygens (including phenoxy) is 3. The van der Waals surface area contributed by atoms with Gasteiger partial charge in [0.2, 0.25) is 0 Å². The Kier molecular flexibility index (Phi) is 7.95. The summed E-state index contributed by atoms with van der Waals surface area (Å²) in [4.78, 5) is 23.8. The van der Waals surface area contributed by atoms with Crippen molar-refractivity contribution in [3.8, 4) is 11.5 Å². The Morgan fingerprint density at radius 1 is 1.11 bits per heavy atom. The molecular weight excluding hydrogens is 370 g/mol. The molecule has 0 fully saturated rings. The molecule has 7 heteroatoms. The molecule has 1 atom stereocenters. The number of nitrogens with one attached hydrogen (secondary N) is 1. The fourth-order valence-electron chi connectivity index (χ4n) is 2.32. The number of rotatable bonds is 9. The molecule has 1 amide bonds. The Labute approximate surface area is 163 Å². The highest BCUT2D eigenvalue weighted by Crippen LogP contribution is 2.18. The molecule has 0 radical (unpaired) electrons. The molecule has 0 aliphatic rings. The van der Waals surface area contributed by atoms with Crippen LogP contribution in [0.2, 0.25) is 5.02 Å². The van der Waals surface area contributed by atoms with Crippen molar-refractivity contribution in [3.05, 3.63) is 59.1 Å². The van der Waals surface area contributed by atoms with Gasteiger partial charge in [-0.2, -0.15) is 0 Å². The van der Waals surface area contributed by atoms with E-state index >= 15 is 0 Å². The van der Waals surface area contributed by atoms with Crippen molar-refractivity contribution in [1.82, 2.24) is 5.32 Å². The predicted molar refractivity (Wildman–Crippen MR) is 102 cm³/mol. The summed E-state index contributed by atoms with van der Waals surface area (Å²) in [6.07, 6.45) is -0.229. The summed E-state index contributed by atoms with van der Waals surface area (Å²) in [7, 11) is 1.60. The lowest BCUT2D eigenvalue weighted by atomic mass is 10.1. The van der Waals surface area contributed by atoms with Gasteiger partial charge in [0.05, 0.1) is 7.11 Å². The van der Waals surface area contributed by atoms with Crippen LogP contribution in [0, 0.1) is 0 Å².